The normalized spacial score (nSPS) is 11.7. The van der Waals surface area contributed by atoms with E-state index in [-0.39, 0.29) is 0 Å². The molecule has 0 atom stereocenters. The summed E-state index contributed by atoms with van der Waals surface area (Å²) in [5.74, 6) is -0.884. The molecule has 0 aliphatic heterocycles. The van der Waals surface area contributed by atoms with E-state index >= 15 is 0 Å². The van der Waals surface area contributed by atoms with Crippen molar-refractivity contribution < 1.29 is 0 Å². The first kappa shape index (κ1) is 23.7. The standard InChI is InChI=1S/C32H30N6/c1-23-20-29(26-14-8-5-9-15-26)33-36(23)32(4,37-24(2)21-30(34-37)27-16-10-6-11-17-27)38-25(3)22-31(35-38)28-18-12-7-13-19-28/h5-22H,1-4H3. The van der Waals surface area contributed by atoms with E-state index in [9.17, 15) is 0 Å². The Morgan fingerprint density at radius 2 is 0.711 bits per heavy atom. The molecular weight excluding hydrogens is 468 g/mol. The zero-order chi connectivity index (χ0) is 26.3. The van der Waals surface area contributed by atoms with Crippen LogP contribution in [0.25, 0.3) is 33.8 Å². The summed E-state index contributed by atoms with van der Waals surface area (Å²) in [6, 6.07) is 37.2. The summed E-state index contributed by atoms with van der Waals surface area (Å²) in [6.45, 7) is 8.40. The fraction of sp³-hybridized carbons (Fsp3) is 0.156. The minimum atomic E-state index is -0.884. The average Bonchev–Trinajstić information content (AvgIpc) is 3.67. The van der Waals surface area contributed by atoms with Gasteiger partial charge in [-0.15, -0.1) is 0 Å². The smallest absolute Gasteiger partial charge is 0.221 e. The fourth-order valence-corrected chi connectivity index (χ4v) is 5.23. The van der Waals surface area contributed by atoms with Crippen LogP contribution in [0.4, 0.5) is 0 Å². The summed E-state index contributed by atoms with van der Waals surface area (Å²) in [7, 11) is 0. The molecule has 0 radical (unpaired) electrons. The van der Waals surface area contributed by atoms with Crippen molar-refractivity contribution in [2.24, 2.45) is 0 Å². The summed E-state index contributed by atoms with van der Waals surface area (Å²) in [5, 5.41) is 15.4. The molecule has 0 fully saturated rings. The Balaban J connectivity index is 1.58. The minimum Gasteiger partial charge on any atom is -0.221 e. The molecule has 0 bridgehead atoms. The maximum absolute atomic E-state index is 5.15. The largest absolute Gasteiger partial charge is 0.246 e. The Labute approximate surface area is 222 Å². The van der Waals surface area contributed by atoms with Crippen LogP contribution in [-0.4, -0.2) is 29.3 Å². The summed E-state index contributed by atoms with van der Waals surface area (Å²) in [5.41, 5.74) is 8.99. The Morgan fingerprint density at radius 3 is 0.974 bits per heavy atom. The molecule has 38 heavy (non-hydrogen) atoms. The van der Waals surface area contributed by atoms with Gasteiger partial charge in [0.1, 0.15) is 0 Å². The van der Waals surface area contributed by atoms with Gasteiger partial charge >= 0.3 is 0 Å². The van der Waals surface area contributed by atoms with Gasteiger partial charge in [-0.05, 0) is 39.0 Å². The van der Waals surface area contributed by atoms with Crippen molar-refractivity contribution in [3.8, 4) is 33.8 Å². The van der Waals surface area contributed by atoms with Crippen molar-refractivity contribution in [2.75, 3.05) is 0 Å². The molecule has 0 amide bonds. The van der Waals surface area contributed by atoms with Crippen LogP contribution in [0.5, 0.6) is 0 Å². The van der Waals surface area contributed by atoms with E-state index in [1.807, 2.05) is 68.6 Å². The van der Waals surface area contributed by atoms with Gasteiger partial charge in [0, 0.05) is 40.7 Å². The third kappa shape index (κ3) is 3.95. The molecule has 0 saturated heterocycles. The van der Waals surface area contributed by atoms with Gasteiger partial charge < -0.3 is 0 Å². The maximum Gasteiger partial charge on any atom is 0.246 e. The van der Waals surface area contributed by atoms with Gasteiger partial charge in [-0.3, -0.25) is 0 Å². The summed E-state index contributed by atoms with van der Waals surface area (Å²) in [4.78, 5) is 0. The molecule has 0 unspecified atom stereocenters. The molecule has 6 aromatic rings. The predicted molar refractivity (Wildman–Crippen MR) is 152 cm³/mol. The van der Waals surface area contributed by atoms with Crippen LogP contribution in [0, 0.1) is 20.8 Å². The van der Waals surface area contributed by atoms with Crippen LogP contribution < -0.4 is 0 Å². The van der Waals surface area contributed by atoms with Crippen molar-refractivity contribution in [1.82, 2.24) is 29.3 Å². The number of hydrogen-bond acceptors (Lipinski definition) is 3. The fourth-order valence-electron chi connectivity index (χ4n) is 5.23. The molecule has 0 aliphatic carbocycles. The highest BCUT2D eigenvalue weighted by atomic mass is 15.6. The van der Waals surface area contributed by atoms with Crippen LogP contribution in [0.3, 0.4) is 0 Å². The molecule has 0 N–H and O–H groups in total. The Kier molecular flexibility index (Phi) is 5.80. The van der Waals surface area contributed by atoms with Gasteiger partial charge in [-0.25, -0.2) is 14.0 Å². The van der Waals surface area contributed by atoms with E-state index in [0.717, 1.165) is 50.9 Å². The number of benzene rings is 3. The van der Waals surface area contributed by atoms with Crippen molar-refractivity contribution in [3.05, 3.63) is 126 Å². The number of rotatable bonds is 6. The highest BCUT2D eigenvalue weighted by molar-refractivity contribution is 5.61. The molecule has 0 aliphatic rings. The van der Waals surface area contributed by atoms with Crippen molar-refractivity contribution in [3.63, 3.8) is 0 Å². The summed E-state index contributed by atoms with van der Waals surface area (Å²) < 4.78 is 6.12. The third-order valence-electron chi connectivity index (χ3n) is 7.07. The van der Waals surface area contributed by atoms with E-state index in [2.05, 4.69) is 82.3 Å². The second-order valence-electron chi connectivity index (χ2n) is 9.82. The van der Waals surface area contributed by atoms with Gasteiger partial charge in [0.15, 0.2) is 0 Å². The van der Waals surface area contributed by atoms with E-state index < -0.39 is 5.79 Å². The Hall–Kier alpha value is -4.71. The maximum atomic E-state index is 5.15. The first-order chi connectivity index (χ1) is 18.4. The van der Waals surface area contributed by atoms with Crippen LogP contribution in [0.15, 0.2) is 109 Å². The van der Waals surface area contributed by atoms with Crippen LogP contribution in [-0.2, 0) is 5.79 Å². The lowest BCUT2D eigenvalue weighted by molar-refractivity contribution is 0.133. The van der Waals surface area contributed by atoms with Crippen molar-refractivity contribution in [1.29, 1.82) is 0 Å². The molecule has 3 heterocycles. The van der Waals surface area contributed by atoms with Crippen molar-refractivity contribution >= 4 is 0 Å². The van der Waals surface area contributed by atoms with Gasteiger partial charge in [0.05, 0.1) is 17.1 Å². The van der Waals surface area contributed by atoms with Crippen molar-refractivity contribution in [2.45, 2.75) is 33.5 Å². The molecule has 3 aromatic carbocycles. The topological polar surface area (TPSA) is 53.5 Å². The van der Waals surface area contributed by atoms with E-state index in [4.69, 9.17) is 15.3 Å². The summed E-state index contributed by atoms with van der Waals surface area (Å²) >= 11 is 0. The van der Waals surface area contributed by atoms with E-state index in [0.29, 0.717) is 0 Å². The second-order valence-corrected chi connectivity index (χ2v) is 9.82. The molecular formula is C32H30N6. The average molecular weight is 499 g/mol. The third-order valence-corrected chi connectivity index (χ3v) is 7.07. The van der Waals surface area contributed by atoms with E-state index in [1.165, 1.54) is 0 Å². The molecule has 6 rings (SSSR count). The minimum absolute atomic E-state index is 0.884. The van der Waals surface area contributed by atoms with Crippen LogP contribution in [0.1, 0.15) is 24.0 Å². The van der Waals surface area contributed by atoms with Gasteiger partial charge in [0.25, 0.3) is 0 Å². The zero-order valence-corrected chi connectivity index (χ0v) is 22.1. The lowest BCUT2D eigenvalue weighted by Gasteiger charge is -2.34. The van der Waals surface area contributed by atoms with Gasteiger partial charge in [-0.2, -0.15) is 15.3 Å². The molecule has 6 heteroatoms. The Morgan fingerprint density at radius 1 is 0.447 bits per heavy atom. The molecule has 3 aromatic heterocycles. The van der Waals surface area contributed by atoms with E-state index in [1.54, 1.807) is 0 Å². The number of hydrogen-bond donors (Lipinski definition) is 0. The highest BCUT2D eigenvalue weighted by Gasteiger charge is 2.38. The molecule has 188 valence electrons. The Bertz CT molecular complexity index is 1490. The lowest BCUT2D eigenvalue weighted by atomic mass is 10.1. The second kappa shape index (κ2) is 9.30. The zero-order valence-electron chi connectivity index (χ0n) is 22.1. The molecule has 6 nitrogen and oxygen atoms in total. The first-order valence-corrected chi connectivity index (χ1v) is 12.8. The van der Waals surface area contributed by atoms with Crippen LogP contribution >= 0.6 is 0 Å². The monoisotopic (exact) mass is 498 g/mol. The highest BCUT2D eigenvalue weighted by Crippen LogP contribution is 2.32. The number of aromatic nitrogens is 6. The predicted octanol–water partition coefficient (Wildman–Crippen LogP) is 6.93. The van der Waals surface area contributed by atoms with Crippen LogP contribution in [0.2, 0.25) is 0 Å². The quantitative estimate of drug-likeness (QED) is 0.250. The molecule has 0 spiro atoms. The van der Waals surface area contributed by atoms with Gasteiger partial charge in [-0.1, -0.05) is 91.0 Å². The number of nitrogens with zero attached hydrogens (tertiary/aromatic N) is 6. The number of aryl methyl sites for hydroxylation is 3. The first-order valence-electron chi connectivity index (χ1n) is 12.8. The molecule has 0 saturated carbocycles. The SMILES string of the molecule is Cc1cc(-c2ccccc2)nn1C(C)(n1nc(-c2ccccc2)cc1C)n1nc(-c2ccccc2)cc1C. The van der Waals surface area contributed by atoms with Gasteiger partial charge in [0.2, 0.25) is 5.79 Å². The summed E-state index contributed by atoms with van der Waals surface area (Å²) in [6.07, 6.45) is 0. The lowest BCUT2D eigenvalue weighted by Crippen LogP contribution is -2.48.